The van der Waals surface area contributed by atoms with Gasteiger partial charge in [-0.05, 0) is 105 Å². The van der Waals surface area contributed by atoms with Crippen LogP contribution < -0.4 is 5.32 Å². The first-order chi connectivity index (χ1) is 15.8. The Morgan fingerprint density at radius 2 is 1.94 bits per heavy atom. The van der Waals surface area contributed by atoms with Gasteiger partial charge in [0.1, 0.15) is 0 Å². The predicted octanol–water partition coefficient (Wildman–Crippen LogP) is 6.41. The average molecular weight is 562 g/mol. The van der Waals surface area contributed by atoms with Gasteiger partial charge in [-0.15, -0.1) is 0 Å². The van der Waals surface area contributed by atoms with Crippen molar-refractivity contribution in [3.05, 3.63) is 73.7 Å². The largest absolute Gasteiger partial charge is 0.362 e. The number of likely N-dealkylation sites (tertiary alicyclic amines) is 1. The number of piperidine rings is 1. The molecule has 1 unspecified atom stereocenters. The van der Waals surface area contributed by atoms with Gasteiger partial charge in [-0.1, -0.05) is 50.9 Å². The molecule has 1 saturated heterocycles. The van der Waals surface area contributed by atoms with Gasteiger partial charge >= 0.3 is 0 Å². The lowest BCUT2D eigenvalue weighted by Gasteiger charge is -2.36. The Morgan fingerprint density at radius 3 is 2.78 bits per heavy atom. The maximum Gasteiger partial charge on any atom is 0.0513 e. The van der Waals surface area contributed by atoms with E-state index in [9.17, 15) is 0 Å². The van der Waals surface area contributed by atoms with E-state index in [1.165, 1.54) is 80.5 Å². The van der Waals surface area contributed by atoms with Crippen molar-refractivity contribution in [2.24, 2.45) is 5.92 Å². The molecule has 3 aliphatic rings. The number of halogens is 2. The first kappa shape index (κ1) is 22.5. The molecule has 1 aliphatic carbocycles. The number of aryl methyl sites for hydroxylation is 2. The second-order valence-corrected chi connectivity index (χ2v) is 12.4. The van der Waals surface area contributed by atoms with E-state index in [-0.39, 0.29) is 20.7 Å². The second-order valence-electron chi connectivity index (χ2n) is 9.33. The number of allylic oxidation sites excluding steroid dienone is 1. The highest BCUT2D eigenvalue weighted by atomic mass is 127. The zero-order valence-corrected chi connectivity index (χ0v) is 21.6. The molecular weight excluding hydrogens is 529 g/mol. The van der Waals surface area contributed by atoms with Crippen LogP contribution in [0.2, 0.25) is 5.02 Å². The predicted molar refractivity (Wildman–Crippen MR) is 144 cm³/mol. The third-order valence-corrected chi connectivity index (χ3v) is 9.87. The highest BCUT2D eigenvalue weighted by Crippen LogP contribution is 2.42. The lowest BCUT2D eigenvalue weighted by Crippen LogP contribution is -2.36. The summed E-state index contributed by atoms with van der Waals surface area (Å²) in [6.45, 7) is 3.71. The highest BCUT2D eigenvalue weighted by molar-refractivity contribution is 14.2. The van der Waals surface area contributed by atoms with Crippen LogP contribution in [-0.4, -0.2) is 33.7 Å². The molecule has 0 spiro atoms. The third kappa shape index (κ3) is 5.28. The fourth-order valence-electron chi connectivity index (χ4n) is 5.63. The Balaban J connectivity index is 1.20. The molecule has 1 aromatic carbocycles. The second kappa shape index (κ2) is 10.8. The van der Waals surface area contributed by atoms with Crippen LogP contribution in [-0.2, 0) is 12.8 Å². The van der Waals surface area contributed by atoms with E-state index < -0.39 is 0 Å². The van der Waals surface area contributed by atoms with Crippen LogP contribution in [0.1, 0.15) is 66.8 Å². The van der Waals surface area contributed by atoms with Crippen molar-refractivity contribution in [3.8, 4) is 0 Å². The van der Waals surface area contributed by atoms with Gasteiger partial charge < -0.3 is 10.2 Å². The number of unbranched alkanes of at least 4 members (excludes halogenated alkanes) is 2. The Hall–Kier alpha value is -1.24. The monoisotopic (exact) mass is 561 g/mol. The minimum Gasteiger partial charge on any atom is -0.362 e. The summed E-state index contributed by atoms with van der Waals surface area (Å²) in [6.07, 6.45) is 14.2. The summed E-state index contributed by atoms with van der Waals surface area (Å²) >= 11 is 6.56. The zero-order valence-electron chi connectivity index (χ0n) is 18.7. The number of aromatic nitrogens is 1. The molecule has 2 aliphatic heterocycles. The van der Waals surface area contributed by atoms with Crippen molar-refractivity contribution in [3.63, 3.8) is 0 Å². The summed E-state index contributed by atoms with van der Waals surface area (Å²) < 4.78 is 3.93. The lowest BCUT2D eigenvalue weighted by atomic mass is 9.76. The number of hydrogen-bond acceptors (Lipinski definition) is 3. The van der Waals surface area contributed by atoms with Gasteiger partial charge in [0, 0.05) is 31.1 Å². The first-order valence-corrected chi connectivity index (χ1v) is 14.8. The van der Waals surface area contributed by atoms with Crippen molar-refractivity contribution < 1.29 is 0 Å². The van der Waals surface area contributed by atoms with E-state index in [1.807, 2.05) is 6.20 Å². The Kier molecular flexibility index (Phi) is 7.60. The van der Waals surface area contributed by atoms with Gasteiger partial charge in [0.25, 0.3) is 0 Å². The molecule has 32 heavy (non-hydrogen) atoms. The van der Waals surface area contributed by atoms with Crippen molar-refractivity contribution in [2.75, 3.05) is 19.6 Å². The minimum atomic E-state index is 0.190. The Bertz CT molecular complexity index is 994. The van der Waals surface area contributed by atoms with Gasteiger partial charge in [0.15, 0.2) is 0 Å². The number of fused-ring (bicyclic) bond motifs is 2. The molecule has 3 heterocycles. The van der Waals surface area contributed by atoms with Crippen molar-refractivity contribution in [2.45, 2.75) is 57.3 Å². The highest BCUT2D eigenvalue weighted by Gasteiger charge is 2.33. The van der Waals surface area contributed by atoms with E-state index >= 15 is 0 Å². The van der Waals surface area contributed by atoms with Crippen LogP contribution in [0, 0.1) is 5.92 Å². The minimum absolute atomic E-state index is 0.190. The molecular formula is C27H33ClIN3. The van der Waals surface area contributed by atoms with Crippen LogP contribution in [0.25, 0.3) is 0 Å². The summed E-state index contributed by atoms with van der Waals surface area (Å²) in [5.41, 5.74) is 5.65. The quantitative estimate of drug-likeness (QED) is 0.313. The smallest absolute Gasteiger partial charge is 0.0513 e. The Morgan fingerprint density at radius 1 is 1.06 bits per heavy atom. The van der Waals surface area contributed by atoms with Gasteiger partial charge in [-0.2, -0.15) is 0 Å². The Labute approximate surface area is 207 Å². The topological polar surface area (TPSA) is 28.2 Å². The van der Waals surface area contributed by atoms with Gasteiger partial charge in [0.05, 0.1) is 5.69 Å². The van der Waals surface area contributed by atoms with E-state index in [4.69, 9.17) is 16.6 Å². The number of nitrogens with zero attached hydrogens (tertiary/aromatic N) is 2. The molecule has 0 saturated carbocycles. The van der Waals surface area contributed by atoms with Crippen LogP contribution in [0.4, 0.5) is 0 Å². The zero-order chi connectivity index (χ0) is 21.8. The number of nitrogens with one attached hydrogen (secondary N) is 1. The van der Waals surface area contributed by atoms with Gasteiger partial charge in [-0.3, -0.25) is 4.98 Å². The van der Waals surface area contributed by atoms with Crippen LogP contribution >= 0.6 is 32.3 Å². The molecule has 3 nitrogen and oxygen atoms in total. The summed E-state index contributed by atoms with van der Waals surface area (Å²) in [5.74, 6) is 1.08. The summed E-state index contributed by atoms with van der Waals surface area (Å²) in [7, 11) is 0. The molecule has 0 amide bonds. The number of hydrogen-bond donors (Lipinski definition) is 1. The molecule has 1 aromatic heterocycles. The van der Waals surface area contributed by atoms with E-state index in [0.29, 0.717) is 11.8 Å². The summed E-state index contributed by atoms with van der Waals surface area (Å²) in [6, 6.07) is 10.9. The van der Waals surface area contributed by atoms with E-state index in [0.717, 1.165) is 17.9 Å². The standard InChI is InChI=1S/C27H33ClIN3/c28-23-9-10-25-22(17-23)8-7-21-5-4-13-31-27(21)26(25)20-11-15-32(16-12-20)14-3-1-2-6-24-18-30-19-29-24/h4-5,9-10,13,17-20,26,30H,1-3,6-8,11-12,14-16H2. The maximum atomic E-state index is 6.37. The SMILES string of the molecule is Clc1ccc2c(c1)CCc1cccnc1C2C1CCN(CCCCCC2=CNC=I2)CC1. The molecule has 2 aromatic rings. The molecule has 5 heteroatoms. The molecule has 5 rings (SSSR count). The summed E-state index contributed by atoms with van der Waals surface area (Å²) in [4.78, 5) is 7.62. The first-order valence-electron chi connectivity index (χ1n) is 12.1. The van der Waals surface area contributed by atoms with Crippen LogP contribution in [0.15, 0.2) is 46.3 Å². The molecule has 0 bridgehead atoms. The fourth-order valence-corrected chi connectivity index (χ4v) is 7.63. The molecule has 0 radical (unpaired) electrons. The fraction of sp³-hybridized carbons (Fsp3) is 0.481. The average Bonchev–Trinajstić information content (AvgIpc) is 3.28. The maximum absolute atomic E-state index is 6.37. The number of rotatable bonds is 7. The van der Waals surface area contributed by atoms with Gasteiger partial charge in [-0.25, -0.2) is 0 Å². The van der Waals surface area contributed by atoms with Crippen molar-refractivity contribution in [1.82, 2.24) is 15.2 Å². The summed E-state index contributed by atoms with van der Waals surface area (Å²) in [5, 5.41) is 4.12. The molecule has 1 atom stereocenters. The van der Waals surface area contributed by atoms with Crippen LogP contribution in [0.5, 0.6) is 0 Å². The number of pyridine rings is 1. The van der Waals surface area contributed by atoms with Crippen molar-refractivity contribution in [1.29, 1.82) is 0 Å². The molecule has 1 fully saturated rings. The number of benzene rings is 1. The third-order valence-electron chi connectivity index (χ3n) is 7.32. The van der Waals surface area contributed by atoms with Crippen molar-refractivity contribution >= 4 is 36.5 Å². The van der Waals surface area contributed by atoms with E-state index in [2.05, 4.69) is 50.9 Å². The lowest BCUT2D eigenvalue weighted by molar-refractivity contribution is 0.171. The van der Waals surface area contributed by atoms with Crippen LogP contribution in [0.3, 0.4) is 0 Å². The van der Waals surface area contributed by atoms with E-state index in [1.54, 1.807) is 3.58 Å². The van der Waals surface area contributed by atoms with Gasteiger partial charge in [0.2, 0.25) is 0 Å². The molecule has 170 valence electrons. The molecule has 1 N–H and O–H groups in total. The normalized spacial score (nSPS) is 21.2.